The van der Waals surface area contributed by atoms with Crippen molar-refractivity contribution in [3.63, 3.8) is 0 Å². The molecule has 0 spiro atoms. The molecule has 0 amide bonds. The van der Waals surface area contributed by atoms with Crippen molar-refractivity contribution in [3.8, 4) is 6.07 Å². The summed E-state index contributed by atoms with van der Waals surface area (Å²) in [6.45, 7) is 1.32. The number of hydrogen-bond acceptors (Lipinski definition) is 5. The van der Waals surface area contributed by atoms with Gasteiger partial charge in [-0.15, -0.1) is 0 Å². The standard InChI is InChI=1S/C17H18N4O2/c18-11-14-16(19-15(7-10-22)20-17(14)23)21-8-5-12-3-1-2-4-13(12)6-9-21/h1-4,22H,5-10H2,(H,19,20,23). The summed E-state index contributed by atoms with van der Waals surface area (Å²) in [5, 5.41) is 18.4. The Balaban J connectivity index is 1.96. The Labute approximate surface area is 134 Å². The summed E-state index contributed by atoms with van der Waals surface area (Å²) in [7, 11) is 0. The van der Waals surface area contributed by atoms with Crippen LogP contribution in [0.3, 0.4) is 0 Å². The van der Waals surface area contributed by atoms with Crippen LogP contribution in [-0.2, 0) is 19.3 Å². The molecule has 0 radical (unpaired) electrons. The van der Waals surface area contributed by atoms with E-state index in [1.165, 1.54) is 11.1 Å². The van der Waals surface area contributed by atoms with E-state index in [9.17, 15) is 10.1 Å². The maximum absolute atomic E-state index is 12.1. The average Bonchev–Trinajstić information content (AvgIpc) is 2.77. The molecule has 1 aliphatic heterocycles. The molecule has 0 unspecified atom stereocenters. The molecule has 1 aromatic carbocycles. The van der Waals surface area contributed by atoms with Crippen LogP contribution in [0.5, 0.6) is 0 Å². The third kappa shape index (κ3) is 3.10. The number of H-pyrrole nitrogens is 1. The van der Waals surface area contributed by atoms with E-state index in [-0.39, 0.29) is 18.6 Å². The van der Waals surface area contributed by atoms with Crippen molar-refractivity contribution in [3.05, 3.63) is 57.1 Å². The largest absolute Gasteiger partial charge is 0.396 e. The molecule has 6 nitrogen and oxygen atoms in total. The quantitative estimate of drug-likeness (QED) is 0.874. The molecular formula is C17H18N4O2. The number of fused-ring (bicyclic) bond motifs is 1. The van der Waals surface area contributed by atoms with Gasteiger partial charge >= 0.3 is 0 Å². The van der Waals surface area contributed by atoms with Crippen LogP contribution >= 0.6 is 0 Å². The molecule has 0 bridgehead atoms. The Morgan fingerprint density at radius 2 is 1.91 bits per heavy atom. The van der Waals surface area contributed by atoms with E-state index < -0.39 is 5.56 Å². The zero-order chi connectivity index (χ0) is 16.2. The summed E-state index contributed by atoms with van der Waals surface area (Å²) in [6.07, 6.45) is 1.97. The van der Waals surface area contributed by atoms with E-state index in [4.69, 9.17) is 5.11 Å². The summed E-state index contributed by atoms with van der Waals surface area (Å²) in [6, 6.07) is 10.3. The van der Waals surface area contributed by atoms with Crippen LogP contribution in [-0.4, -0.2) is 34.8 Å². The molecule has 3 rings (SSSR count). The van der Waals surface area contributed by atoms with E-state index in [0.29, 0.717) is 24.7 Å². The second kappa shape index (κ2) is 6.63. The lowest BCUT2D eigenvalue weighted by molar-refractivity contribution is 0.296. The summed E-state index contributed by atoms with van der Waals surface area (Å²) in [4.78, 5) is 21.1. The molecule has 2 heterocycles. The third-order valence-electron chi connectivity index (χ3n) is 4.13. The zero-order valence-electron chi connectivity index (χ0n) is 12.7. The first-order valence-corrected chi connectivity index (χ1v) is 7.69. The molecule has 2 N–H and O–H groups in total. The molecule has 2 aromatic rings. The lowest BCUT2D eigenvalue weighted by Gasteiger charge is -2.22. The number of hydrogen-bond donors (Lipinski definition) is 2. The van der Waals surface area contributed by atoms with E-state index in [2.05, 4.69) is 22.1 Å². The maximum Gasteiger partial charge on any atom is 0.271 e. The van der Waals surface area contributed by atoms with Crippen molar-refractivity contribution in [1.29, 1.82) is 5.26 Å². The summed E-state index contributed by atoms with van der Waals surface area (Å²) < 4.78 is 0. The number of benzene rings is 1. The number of aliphatic hydroxyl groups excluding tert-OH is 1. The number of nitrogens with one attached hydrogen (secondary N) is 1. The summed E-state index contributed by atoms with van der Waals surface area (Å²) >= 11 is 0. The first-order valence-electron chi connectivity index (χ1n) is 7.69. The van der Waals surface area contributed by atoms with Crippen molar-refractivity contribution in [2.75, 3.05) is 24.6 Å². The maximum atomic E-state index is 12.1. The van der Waals surface area contributed by atoms with Crippen LogP contribution < -0.4 is 10.5 Å². The summed E-state index contributed by atoms with van der Waals surface area (Å²) in [5.74, 6) is 0.834. The van der Waals surface area contributed by atoms with Gasteiger partial charge in [-0.3, -0.25) is 4.79 Å². The van der Waals surface area contributed by atoms with Gasteiger partial charge in [0.2, 0.25) is 0 Å². The van der Waals surface area contributed by atoms with Crippen molar-refractivity contribution in [1.82, 2.24) is 9.97 Å². The molecule has 0 fully saturated rings. The average molecular weight is 310 g/mol. The van der Waals surface area contributed by atoms with Gasteiger partial charge in [0.15, 0.2) is 11.4 Å². The number of aliphatic hydroxyl groups is 1. The van der Waals surface area contributed by atoms with Gasteiger partial charge in [-0.2, -0.15) is 5.26 Å². The molecule has 23 heavy (non-hydrogen) atoms. The highest BCUT2D eigenvalue weighted by Crippen LogP contribution is 2.21. The second-order valence-electron chi connectivity index (χ2n) is 5.55. The molecule has 118 valence electrons. The third-order valence-corrected chi connectivity index (χ3v) is 4.13. The van der Waals surface area contributed by atoms with Crippen molar-refractivity contribution >= 4 is 5.82 Å². The highest BCUT2D eigenvalue weighted by Gasteiger charge is 2.20. The first-order chi connectivity index (χ1) is 11.2. The minimum absolute atomic E-state index is 0.0395. The molecule has 1 aromatic heterocycles. The van der Waals surface area contributed by atoms with Crippen molar-refractivity contribution in [2.24, 2.45) is 0 Å². The Bertz CT molecular complexity index is 780. The number of nitriles is 1. The fourth-order valence-electron chi connectivity index (χ4n) is 2.94. The minimum Gasteiger partial charge on any atom is -0.396 e. The van der Waals surface area contributed by atoms with Gasteiger partial charge in [0.25, 0.3) is 5.56 Å². The van der Waals surface area contributed by atoms with Crippen LogP contribution in [0.1, 0.15) is 22.5 Å². The van der Waals surface area contributed by atoms with Gasteiger partial charge in [-0.1, -0.05) is 24.3 Å². The molecule has 6 heteroatoms. The number of aromatic nitrogens is 2. The number of nitrogens with zero attached hydrogens (tertiary/aromatic N) is 3. The van der Waals surface area contributed by atoms with Crippen LogP contribution in [0.15, 0.2) is 29.1 Å². The van der Waals surface area contributed by atoms with Crippen LogP contribution in [0.4, 0.5) is 5.82 Å². The number of aromatic amines is 1. The number of anilines is 1. The lowest BCUT2D eigenvalue weighted by atomic mass is 10.0. The monoisotopic (exact) mass is 310 g/mol. The molecule has 0 saturated carbocycles. The van der Waals surface area contributed by atoms with Crippen LogP contribution in [0, 0.1) is 11.3 Å². The fourth-order valence-corrected chi connectivity index (χ4v) is 2.94. The number of rotatable bonds is 3. The first kappa shape index (κ1) is 15.3. The molecule has 0 atom stereocenters. The Morgan fingerprint density at radius 3 is 2.48 bits per heavy atom. The van der Waals surface area contributed by atoms with Gasteiger partial charge in [-0.05, 0) is 24.0 Å². The van der Waals surface area contributed by atoms with Gasteiger partial charge in [0, 0.05) is 19.5 Å². The van der Waals surface area contributed by atoms with E-state index in [1.807, 2.05) is 23.1 Å². The predicted molar refractivity (Wildman–Crippen MR) is 86.4 cm³/mol. The Kier molecular flexibility index (Phi) is 4.40. The molecular weight excluding hydrogens is 292 g/mol. The Hall–Kier alpha value is -2.65. The normalized spacial score (nSPS) is 14.0. The minimum atomic E-state index is -0.442. The van der Waals surface area contributed by atoms with Gasteiger partial charge in [0.1, 0.15) is 11.9 Å². The van der Waals surface area contributed by atoms with E-state index >= 15 is 0 Å². The van der Waals surface area contributed by atoms with Gasteiger partial charge in [0.05, 0.1) is 6.61 Å². The zero-order valence-corrected chi connectivity index (χ0v) is 12.7. The highest BCUT2D eigenvalue weighted by atomic mass is 16.3. The second-order valence-corrected chi connectivity index (χ2v) is 5.55. The van der Waals surface area contributed by atoms with Crippen LogP contribution in [0.2, 0.25) is 0 Å². The molecule has 0 aliphatic carbocycles. The van der Waals surface area contributed by atoms with Gasteiger partial charge < -0.3 is 15.0 Å². The topological polar surface area (TPSA) is 93.0 Å². The molecule has 0 saturated heterocycles. The summed E-state index contributed by atoms with van der Waals surface area (Å²) in [5.41, 5.74) is 2.20. The van der Waals surface area contributed by atoms with E-state index in [1.54, 1.807) is 0 Å². The fraction of sp³-hybridized carbons (Fsp3) is 0.353. The predicted octanol–water partition coefficient (Wildman–Crippen LogP) is 0.782. The lowest BCUT2D eigenvalue weighted by Crippen LogP contribution is -2.31. The van der Waals surface area contributed by atoms with E-state index in [0.717, 1.165) is 12.8 Å². The smallest absolute Gasteiger partial charge is 0.271 e. The van der Waals surface area contributed by atoms with Gasteiger partial charge in [-0.25, -0.2) is 4.98 Å². The van der Waals surface area contributed by atoms with Crippen molar-refractivity contribution in [2.45, 2.75) is 19.3 Å². The van der Waals surface area contributed by atoms with Crippen molar-refractivity contribution < 1.29 is 5.11 Å². The van der Waals surface area contributed by atoms with Crippen LogP contribution in [0.25, 0.3) is 0 Å². The molecule has 1 aliphatic rings. The highest BCUT2D eigenvalue weighted by molar-refractivity contribution is 5.53. The Morgan fingerprint density at radius 1 is 1.26 bits per heavy atom. The SMILES string of the molecule is N#Cc1c(N2CCc3ccccc3CC2)nc(CCO)[nH]c1=O.